The van der Waals surface area contributed by atoms with E-state index in [0.29, 0.717) is 5.69 Å². The Morgan fingerprint density at radius 2 is 1.90 bits per heavy atom. The molecular formula is C15H21F3N2S. The summed E-state index contributed by atoms with van der Waals surface area (Å²) >= 11 is -0.0483. The van der Waals surface area contributed by atoms with E-state index in [1.165, 1.54) is 6.07 Å². The van der Waals surface area contributed by atoms with Crippen molar-refractivity contribution in [3.05, 3.63) is 24.3 Å². The molecule has 1 N–H and O–H groups in total. The number of likely N-dealkylation sites (tertiary alicyclic amines) is 1. The zero-order valence-electron chi connectivity index (χ0n) is 12.1. The third-order valence-electron chi connectivity index (χ3n) is 3.60. The Hall–Kier alpha value is -0.880. The first-order valence-electron chi connectivity index (χ1n) is 7.31. The average molecular weight is 318 g/mol. The number of hydrogen-bond donors (Lipinski definition) is 1. The van der Waals surface area contributed by atoms with Crippen molar-refractivity contribution >= 4 is 17.4 Å². The molecule has 1 heterocycles. The number of halogens is 3. The first-order valence-corrected chi connectivity index (χ1v) is 8.13. The van der Waals surface area contributed by atoms with Gasteiger partial charge in [-0.3, -0.25) is 0 Å². The van der Waals surface area contributed by atoms with Crippen LogP contribution in [0.5, 0.6) is 0 Å². The Balaban J connectivity index is 1.94. The fourth-order valence-electron chi connectivity index (χ4n) is 2.64. The predicted octanol–water partition coefficient (Wildman–Crippen LogP) is 4.58. The number of para-hydroxylation sites is 1. The van der Waals surface area contributed by atoms with Crippen molar-refractivity contribution < 1.29 is 13.2 Å². The number of rotatable bonds is 5. The highest BCUT2D eigenvalue weighted by molar-refractivity contribution is 8.00. The molecule has 0 saturated carbocycles. The van der Waals surface area contributed by atoms with Crippen LogP contribution in [0, 0.1) is 0 Å². The monoisotopic (exact) mass is 318 g/mol. The van der Waals surface area contributed by atoms with Crippen LogP contribution in [0.3, 0.4) is 0 Å². The predicted molar refractivity (Wildman–Crippen MR) is 81.7 cm³/mol. The van der Waals surface area contributed by atoms with Gasteiger partial charge in [0, 0.05) is 29.7 Å². The van der Waals surface area contributed by atoms with E-state index in [9.17, 15) is 13.2 Å². The fourth-order valence-corrected chi connectivity index (χ4v) is 3.27. The molecule has 0 unspecified atom stereocenters. The summed E-state index contributed by atoms with van der Waals surface area (Å²) in [5, 5.41) is 3.29. The molecule has 1 aromatic rings. The smallest absolute Gasteiger partial charge is 0.381 e. The topological polar surface area (TPSA) is 15.3 Å². The van der Waals surface area contributed by atoms with E-state index in [4.69, 9.17) is 0 Å². The minimum absolute atomic E-state index is 0.0483. The van der Waals surface area contributed by atoms with Crippen molar-refractivity contribution in [3.63, 3.8) is 0 Å². The minimum Gasteiger partial charge on any atom is -0.381 e. The molecule has 0 spiro atoms. The number of thioether (sulfide) groups is 1. The van der Waals surface area contributed by atoms with Gasteiger partial charge in [0.1, 0.15) is 0 Å². The Labute approximate surface area is 128 Å². The summed E-state index contributed by atoms with van der Waals surface area (Å²) in [6.07, 6.45) is 3.10. The molecule has 0 aliphatic carbocycles. The van der Waals surface area contributed by atoms with Crippen molar-refractivity contribution in [3.8, 4) is 0 Å². The van der Waals surface area contributed by atoms with Crippen LogP contribution >= 0.6 is 11.8 Å². The Morgan fingerprint density at radius 1 is 1.24 bits per heavy atom. The van der Waals surface area contributed by atoms with Crippen LogP contribution in [0.1, 0.15) is 26.2 Å². The second-order valence-electron chi connectivity index (χ2n) is 5.30. The van der Waals surface area contributed by atoms with E-state index >= 15 is 0 Å². The quantitative estimate of drug-likeness (QED) is 0.800. The second-order valence-corrected chi connectivity index (χ2v) is 6.41. The highest BCUT2D eigenvalue weighted by Crippen LogP contribution is 2.40. The summed E-state index contributed by atoms with van der Waals surface area (Å²) in [6.45, 7) is 5.29. The van der Waals surface area contributed by atoms with Crippen molar-refractivity contribution in [1.82, 2.24) is 4.90 Å². The summed E-state index contributed by atoms with van der Waals surface area (Å²) in [4.78, 5) is 2.66. The molecule has 0 atom stereocenters. The van der Waals surface area contributed by atoms with Crippen LogP contribution in [-0.4, -0.2) is 36.1 Å². The van der Waals surface area contributed by atoms with Crippen LogP contribution in [-0.2, 0) is 0 Å². The van der Waals surface area contributed by atoms with Gasteiger partial charge in [-0.15, -0.1) is 0 Å². The summed E-state index contributed by atoms with van der Waals surface area (Å²) in [5.74, 6) is 0. The minimum atomic E-state index is -4.25. The standard InChI is InChI=1S/C15H21F3N2S/c1-2-9-20-10-7-12(8-11-20)19-13-5-3-4-6-14(13)21-15(16,17)18/h3-6,12,19H,2,7-11H2,1H3. The molecule has 1 aliphatic heterocycles. The number of piperidine rings is 1. The second kappa shape index (κ2) is 7.40. The van der Waals surface area contributed by atoms with Gasteiger partial charge in [-0.25, -0.2) is 0 Å². The summed E-state index contributed by atoms with van der Waals surface area (Å²) in [6, 6.07) is 6.92. The van der Waals surface area contributed by atoms with E-state index in [0.717, 1.165) is 38.9 Å². The van der Waals surface area contributed by atoms with Crippen LogP contribution in [0.4, 0.5) is 18.9 Å². The molecule has 21 heavy (non-hydrogen) atoms. The van der Waals surface area contributed by atoms with Crippen molar-refractivity contribution in [1.29, 1.82) is 0 Å². The van der Waals surface area contributed by atoms with E-state index in [-0.39, 0.29) is 22.7 Å². The third-order valence-corrected chi connectivity index (χ3v) is 4.41. The zero-order valence-corrected chi connectivity index (χ0v) is 12.9. The number of alkyl halides is 3. The first-order chi connectivity index (χ1) is 9.98. The zero-order chi connectivity index (χ0) is 15.3. The van der Waals surface area contributed by atoms with Gasteiger partial charge in [-0.2, -0.15) is 13.2 Å². The molecule has 1 saturated heterocycles. The maximum Gasteiger partial charge on any atom is 0.446 e. The number of benzene rings is 1. The van der Waals surface area contributed by atoms with Crippen LogP contribution < -0.4 is 5.32 Å². The highest BCUT2D eigenvalue weighted by Gasteiger charge is 2.30. The van der Waals surface area contributed by atoms with E-state index in [2.05, 4.69) is 17.1 Å². The summed E-state index contributed by atoms with van der Waals surface area (Å²) < 4.78 is 37.7. The molecule has 2 rings (SSSR count). The number of anilines is 1. The highest BCUT2D eigenvalue weighted by atomic mass is 32.2. The molecule has 2 nitrogen and oxygen atoms in total. The van der Waals surface area contributed by atoms with Crippen molar-refractivity contribution in [2.24, 2.45) is 0 Å². The van der Waals surface area contributed by atoms with Crippen LogP contribution in [0.25, 0.3) is 0 Å². The van der Waals surface area contributed by atoms with Crippen molar-refractivity contribution in [2.75, 3.05) is 25.0 Å². The molecule has 0 amide bonds. The van der Waals surface area contributed by atoms with Gasteiger partial charge in [0.2, 0.25) is 0 Å². The van der Waals surface area contributed by atoms with E-state index < -0.39 is 5.51 Å². The number of nitrogens with zero attached hydrogens (tertiary/aromatic N) is 1. The normalized spacial score (nSPS) is 17.9. The van der Waals surface area contributed by atoms with Gasteiger partial charge in [-0.1, -0.05) is 19.1 Å². The van der Waals surface area contributed by atoms with Gasteiger partial charge < -0.3 is 10.2 Å². The molecule has 0 bridgehead atoms. The van der Waals surface area contributed by atoms with E-state index in [1.54, 1.807) is 18.2 Å². The molecule has 0 radical (unpaired) electrons. The molecule has 1 fully saturated rings. The lowest BCUT2D eigenvalue weighted by molar-refractivity contribution is -0.0327. The molecule has 1 aliphatic rings. The largest absolute Gasteiger partial charge is 0.446 e. The summed E-state index contributed by atoms with van der Waals surface area (Å²) in [7, 11) is 0. The van der Waals surface area contributed by atoms with Gasteiger partial charge in [0.25, 0.3) is 0 Å². The first kappa shape index (κ1) is 16.5. The molecule has 1 aromatic carbocycles. The van der Waals surface area contributed by atoms with Gasteiger partial charge in [0.15, 0.2) is 0 Å². The van der Waals surface area contributed by atoms with Gasteiger partial charge in [0.05, 0.1) is 0 Å². The molecule has 118 valence electrons. The lowest BCUT2D eigenvalue weighted by Gasteiger charge is -2.33. The SMILES string of the molecule is CCCN1CCC(Nc2ccccc2SC(F)(F)F)CC1. The fraction of sp³-hybridized carbons (Fsp3) is 0.600. The average Bonchev–Trinajstić information content (AvgIpc) is 2.42. The Bertz CT molecular complexity index is 443. The number of nitrogens with one attached hydrogen (secondary N) is 1. The lowest BCUT2D eigenvalue weighted by Crippen LogP contribution is -2.39. The van der Waals surface area contributed by atoms with E-state index in [1.807, 2.05) is 0 Å². The molecule has 6 heteroatoms. The van der Waals surface area contributed by atoms with Gasteiger partial charge >= 0.3 is 5.51 Å². The molecular weight excluding hydrogens is 297 g/mol. The lowest BCUT2D eigenvalue weighted by atomic mass is 10.0. The Morgan fingerprint density at radius 3 is 2.52 bits per heavy atom. The van der Waals surface area contributed by atoms with Crippen molar-refractivity contribution in [2.45, 2.75) is 42.6 Å². The van der Waals surface area contributed by atoms with Crippen LogP contribution in [0.2, 0.25) is 0 Å². The Kier molecular flexibility index (Phi) is 5.81. The third kappa shape index (κ3) is 5.43. The number of hydrogen-bond acceptors (Lipinski definition) is 3. The summed E-state index contributed by atoms with van der Waals surface area (Å²) in [5.41, 5.74) is -3.66. The van der Waals surface area contributed by atoms with Crippen LogP contribution in [0.15, 0.2) is 29.2 Å². The maximum absolute atomic E-state index is 12.6. The van der Waals surface area contributed by atoms with Gasteiger partial charge in [-0.05, 0) is 49.7 Å². The molecule has 0 aromatic heterocycles. The maximum atomic E-state index is 12.6.